The summed E-state index contributed by atoms with van der Waals surface area (Å²) in [4.78, 5) is 23.8. The summed E-state index contributed by atoms with van der Waals surface area (Å²) in [6, 6.07) is 8.25. The number of hydrogen-bond acceptors (Lipinski definition) is 4. The summed E-state index contributed by atoms with van der Waals surface area (Å²) in [5.41, 5.74) is 7.26. The standard InChI is InChI=1S/C14H14N4O2S/c1-9-6-13(20)18(16-7-9)8-12(19)17-11-4-2-10(3-5-11)14(15)21/h2-7H,8H2,1H3,(H2,15,21)(H,17,19). The van der Waals surface area contributed by atoms with E-state index in [0.29, 0.717) is 10.7 Å². The summed E-state index contributed by atoms with van der Waals surface area (Å²) in [5.74, 6) is -0.337. The van der Waals surface area contributed by atoms with Gasteiger partial charge >= 0.3 is 0 Å². The SMILES string of the molecule is Cc1cnn(CC(=O)Nc2ccc(C(N)=S)cc2)c(=O)c1. The van der Waals surface area contributed by atoms with E-state index < -0.39 is 0 Å². The Balaban J connectivity index is 2.04. The first kappa shape index (κ1) is 14.9. The largest absolute Gasteiger partial charge is 0.389 e. The molecule has 0 atom stereocenters. The highest BCUT2D eigenvalue weighted by Crippen LogP contribution is 2.09. The monoisotopic (exact) mass is 302 g/mol. The molecular formula is C14H14N4O2S. The van der Waals surface area contributed by atoms with Crippen LogP contribution in [0.1, 0.15) is 11.1 Å². The van der Waals surface area contributed by atoms with Gasteiger partial charge in [-0.05, 0) is 36.8 Å². The zero-order chi connectivity index (χ0) is 15.4. The van der Waals surface area contributed by atoms with Crippen LogP contribution in [0.15, 0.2) is 41.3 Å². The van der Waals surface area contributed by atoms with Crippen LogP contribution in [0, 0.1) is 6.92 Å². The van der Waals surface area contributed by atoms with E-state index in [0.717, 1.165) is 15.8 Å². The summed E-state index contributed by atoms with van der Waals surface area (Å²) in [7, 11) is 0. The van der Waals surface area contributed by atoms with Gasteiger partial charge in [0.25, 0.3) is 5.56 Å². The van der Waals surface area contributed by atoms with Crippen LogP contribution in [0.2, 0.25) is 0 Å². The minimum absolute atomic E-state index is 0.143. The Labute approximate surface area is 126 Å². The van der Waals surface area contributed by atoms with Crippen LogP contribution in [0.3, 0.4) is 0 Å². The number of aryl methyl sites for hydroxylation is 1. The lowest BCUT2D eigenvalue weighted by molar-refractivity contribution is -0.117. The highest BCUT2D eigenvalue weighted by Gasteiger charge is 2.06. The van der Waals surface area contributed by atoms with Crippen LogP contribution in [-0.4, -0.2) is 20.7 Å². The molecule has 0 bridgehead atoms. The molecule has 0 saturated carbocycles. The maximum atomic E-state index is 11.9. The average Bonchev–Trinajstić information content (AvgIpc) is 2.42. The van der Waals surface area contributed by atoms with Crippen LogP contribution in [0.4, 0.5) is 5.69 Å². The molecule has 21 heavy (non-hydrogen) atoms. The van der Waals surface area contributed by atoms with Gasteiger partial charge < -0.3 is 11.1 Å². The van der Waals surface area contributed by atoms with Gasteiger partial charge in [-0.1, -0.05) is 12.2 Å². The van der Waals surface area contributed by atoms with Crippen LogP contribution >= 0.6 is 12.2 Å². The number of carbonyl (C=O) groups is 1. The van der Waals surface area contributed by atoms with E-state index >= 15 is 0 Å². The molecule has 1 heterocycles. The third-order valence-corrected chi connectivity index (χ3v) is 2.99. The average molecular weight is 302 g/mol. The number of rotatable bonds is 4. The molecule has 0 unspecified atom stereocenters. The van der Waals surface area contributed by atoms with Crippen molar-refractivity contribution in [3.63, 3.8) is 0 Å². The summed E-state index contributed by atoms with van der Waals surface area (Å²) >= 11 is 4.85. The molecule has 0 aliphatic carbocycles. The van der Waals surface area contributed by atoms with Crippen LogP contribution in [0.5, 0.6) is 0 Å². The van der Waals surface area contributed by atoms with E-state index in [1.165, 1.54) is 12.3 Å². The third-order valence-electron chi connectivity index (χ3n) is 2.75. The zero-order valence-electron chi connectivity index (χ0n) is 11.4. The number of amides is 1. The van der Waals surface area contributed by atoms with Gasteiger partial charge in [0.05, 0.1) is 6.20 Å². The maximum Gasteiger partial charge on any atom is 0.267 e. The second kappa shape index (κ2) is 6.27. The molecule has 1 amide bonds. The Hall–Kier alpha value is -2.54. The number of hydrogen-bond donors (Lipinski definition) is 2. The molecule has 0 spiro atoms. The predicted octanol–water partition coefficient (Wildman–Crippen LogP) is 0.825. The molecule has 0 radical (unpaired) electrons. The van der Waals surface area contributed by atoms with E-state index in [-0.39, 0.29) is 18.0 Å². The number of anilines is 1. The van der Waals surface area contributed by atoms with Crippen molar-refractivity contribution in [2.45, 2.75) is 13.5 Å². The predicted molar refractivity (Wildman–Crippen MR) is 84.2 cm³/mol. The summed E-state index contributed by atoms with van der Waals surface area (Å²) < 4.78 is 1.10. The van der Waals surface area contributed by atoms with E-state index in [1.807, 2.05) is 0 Å². The van der Waals surface area contributed by atoms with E-state index in [4.69, 9.17) is 18.0 Å². The molecule has 3 N–H and O–H groups in total. The molecule has 6 nitrogen and oxygen atoms in total. The first-order chi connectivity index (χ1) is 9.95. The Morgan fingerprint density at radius 2 is 2.05 bits per heavy atom. The van der Waals surface area contributed by atoms with Crippen molar-refractivity contribution in [3.8, 4) is 0 Å². The first-order valence-corrected chi connectivity index (χ1v) is 6.60. The molecule has 1 aromatic heterocycles. The minimum Gasteiger partial charge on any atom is -0.389 e. The third kappa shape index (κ3) is 3.96. The fraction of sp³-hybridized carbons (Fsp3) is 0.143. The summed E-state index contributed by atoms with van der Waals surface area (Å²) in [6.07, 6.45) is 1.53. The van der Waals surface area contributed by atoms with Gasteiger partial charge in [-0.2, -0.15) is 5.10 Å². The van der Waals surface area contributed by atoms with Gasteiger partial charge in [0, 0.05) is 17.3 Å². The summed E-state index contributed by atoms with van der Waals surface area (Å²) in [5, 5.41) is 6.58. The van der Waals surface area contributed by atoms with Gasteiger partial charge in [-0.15, -0.1) is 0 Å². The number of nitrogens with two attached hydrogens (primary N) is 1. The highest BCUT2D eigenvalue weighted by molar-refractivity contribution is 7.80. The van der Waals surface area contributed by atoms with Crippen molar-refractivity contribution in [2.75, 3.05) is 5.32 Å². The van der Waals surface area contributed by atoms with Gasteiger partial charge in [0.15, 0.2) is 0 Å². The maximum absolute atomic E-state index is 11.9. The van der Waals surface area contributed by atoms with Crippen molar-refractivity contribution >= 4 is 28.8 Å². The van der Waals surface area contributed by atoms with E-state index in [9.17, 15) is 9.59 Å². The fourth-order valence-electron chi connectivity index (χ4n) is 1.70. The number of nitrogens with one attached hydrogen (secondary N) is 1. The van der Waals surface area contributed by atoms with Crippen LogP contribution < -0.4 is 16.6 Å². The summed E-state index contributed by atoms with van der Waals surface area (Å²) in [6.45, 7) is 1.62. The first-order valence-electron chi connectivity index (χ1n) is 6.19. The molecule has 0 aliphatic rings. The lowest BCUT2D eigenvalue weighted by Gasteiger charge is -2.07. The molecule has 1 aromatic carbocycles. The lowest BCUT2D eigenvalue weighted by Crippen LogP contribution is -2.29. The van der Waals surface area contributed by atoms with Crippen molar-refractivity contribution in [1.82, 2.24) is 9.78 Å². The van der Waals surface area contributed by atoms with Crippen molar-refractivity contribution in [2.24, 2.45) is 5.73 Å². The number of nitrogens with zero attached hydrogens (tertiary/aromatic N) is 2. The van der Waals surface area contributed by atoms with Crippen molar-refractivity contribution in [3.05, 3.63) is 58.0 Å². The quantitative estimate of drug-likeness (QED) is 0.816. The zero-order valence-corrected chi connectivity index (χ0v) is 12.2. The van der Waals surface area contributed by atoms with Crippen molar-refractivity contribution < 1.29 is 4.79 Å². The number of carbonyl (C=O) groups excluding carboxylic acids is 1. The Morgan fingerprint density at radius 1 is 1.38 bits per heavy atom. The molecular weight excluding hydrogens is 288 g/mol. The molecule has 2 rings (SSSR count). The lowest BCUT2D eigenvalue weighted by atomic mass is 10.2. The van der Waals surface area contributed by atoms with Gasteiger partial charge in [-0.3, -0.25) is 9.59 Å². The van der Waals surface area contributed by atoms with Gasteiger partial charge in [-0.25, -0.2) is 4.68 Å². The molecule has 0 aliphatic heterocycles. The van der Waals surface area contributed by atoms with E-state index in [1.54, 1.807) is 31.2 Å². The molecule has 7 heteroatoms. The Bertz CT molecular complexity index is 737. The van der Waals surface area contributed by atoms with E-state index in [2.05, 4.69) is 10.4 Å². The topological polar surface area (TPSA) is 90.0 Å². The van der Waals surface area contributed by atoms with Crippen LogP contribution in [-0.2, 0) is 11.3 Å². The number of aromatic nitrogens is 2. The van der Waals surface area contributed by atoms with Gasteiger partial charge in [0.1, 0.15) is 11.5 Å². The van der Waals surface area contributed by atoms with Crippen molar-refractivity contribution in [1.29, 1.82) is 0 Å². The number of benzene rings is 1. The molecule has 0 fully saturated rings. The van der Waals surface area contributed by atoms with Crippen LogP contribution in [0.25, 0.3) is 0 Å². The smallest absolute Gasteiger partial charge is 0.267 e. The molecule has 108 valence electrons. The van der Waals surface area contributed by atoms with Gasteiger partial charge in [0.2, 0.25) is 5.91 Å². The molecule has 0 saturated heterocycles. The highest BCUT2D eigenvalue weighted by atomic mass is 32.1. The second-order valence-corrected chi connectivity index (χ2v) is 4.96. The second-order valence-electron chi connectivity index (χ2n) is 4.52. The normalized spacial score (nSPS) is 10.1. The Kier molecular flexibility index (Phi) is 4.44. The fourth-order valence-corrected chi connectivity index (χ4v) is 1.83. The number of thiocarbonyl (C=S) groups is 1. The minimum atomic E-state index is -0.337. The Morgan fingerprint density at radius 3 is 2.62 bits per heavy atom. The molecule has 2 aromatic rings.